The molecule has 2 heterocycles. The number of carbonyl (C=O) groups excluding carboxylic acids is 1. The van der Waals surface area contributed by atoms with E-state index in [2.05, 4.69) is 22.1 Å². The summed E-state index contributed by atoms with van der Waals surface area (Å²) in [6.07, 6.45) is 1.69. The summed E-state index contributed by atoms with van der Waals surface area (Å²) in [5.74, 6) is 0.726. The molecule has 1 N–H and O–H groups in total. The van der Waals surface area contributed by atoms with Gasteiger partial charge in [-0.25, -0.2) is 4.98 Å². The van der Waals surface area contributed by atoms with Crippen molar-refractivity contribution in [2.45, 2.75) is 6.92 Å². The van der Waals surface area contributed by atoms with Crippen LogP contribution in [-0.2, 0) is 0 Å². The molecule has 0 saturated carbocycles. The van der Waals surface area contributed by atoms with E-state index in [4.69, 9.17) is 0 Å². The van der Waals surface area contributed by atoms with E-state index in [-0.39, 0.29) is 5.91 Å². The van der Waals surface area contributed by atoms with Crippen LogP contribution in [0.3, 0.4) is 0 Å². The molecule has 1 saturated heterocycles. The average Bonchev–Trinajstić information content (AvgIpc) is 2.46. The second-order valence-corrected chi connectivity index (χ2v) is 4.38. The maximum atomic E-state index is 12.4. The predicted molar refractivity (Wildman–Crippen MR) is 71.8 cm³/mol. The molecule has 2 rings (SSSR count). The molecule has 0 radical (unpaired) electrons. The van der Waals surface area contributed by atoms with Crippen LogP contribution >= 0.6 is 0 Å². The van der Waals surface area contributed by atoms with Crippen molar-refractivity contribution in [2.24, 2.45) is 0 Å². The van der Waals surface area contributed by atoms with E-state index < -0.39 is 0 Å². The molecule has 0 aromatic carbocycles. The Morgan fingerprint density at radius 3 is 2.72 bits per heavy atom. The largest absolute Gasteiger partial charge is 0.372 e. The van der Waals surface area contributed by atoms with Crippen molar-refractivity contribution < 1.29 is 4.79 Å². The number of anilines is 1. The van der Waals surface area contributed by atoms with Crippen LogP contribution in [-0.4, -0.2) is 60.5 Å². The lowest BCUT2D eigenvalue weighted by molar-refractivity contribution is 0.0644. The van der Waals surface area contributed by atoms with Crippen LogP contribution in [0, 0.1) is 0 Å². The fourth-order valence-corrected chi connectivity index (χ4v) is 2.21. The number of aromatic nitrogens is 1. The van der Waals surface area contributed by atoms with Crippen molar-refractivity contribution >= 4 is 11.7 Å². The standard InChI is InChI=1S/C13H20N4O/c1-3-16-7-9-17(10-8-16)13(18)11-5-4-6-15-12(11)14-2/h4-6H,3,7-10H2,1-2H3,(H,14,15). The van der Waals surface area contributed by atoms with E-state index in [0.29, 0.717) is 11.4 Å². The first-order valence-electron chi connectivity index (χ1n) is 6.40. The van der Waals surface area contributed by atoms with Crippen LogP contribution in [0.2, 0.25) is 0 Å². The molecule has 1 aromatic heterocycles. The summed E-state index contributed by atoms with van der Waals surface area (Å²) in [7, 11) is 1.79. The second-order valence-electron chi connectivity index (χ2n) is 4.38. The first-order chi connectivity index (χ1) is 8.76. The highest BCUT2D eigenvalue weighted by Gasteiger charge is 2.23. The van der Waals surface area contributed by atoms with Crippen LogP contribution < -0.4 is 5.32 Å². The minimum Gasteiger partial charge on any atom is -0.372 e. The molecule has 5 heteroatoms. The van der Waals surface area contributed by atoms with Crippen LogP contribution in [0.4, 0.5) is 5.82 Å². The van der Waals surface area contributed by atoms with E-state index >= 15 is 0 Å². The van der Waals surface area contributed by atoms with Gasteiger partial charge in [-0.1, -0.05) is 6.92 Å². The lowest BCUT2D eigenvalue weighted by Crippen LogP contribution is -2.48. The number of likely N-dealkylation sites (N-methyl/N-ethyl adjacent to an activating group) is 1. The normalized spacial score (nSPS) is 16.7. The molecule has 5 nitrogen and oxygen atoms in total. The molecule has 1 aliphatic rings. The van der Waals surface area contributed by atoms with Gasteiger partial charge in [0.1, 0.15) is 5.82 Å². The Balaban J connectivity index is 2.08. The Morgan fingerprint density at radius 1 is 1.39 bits per heavy atom. The topological polar surface area (TPSA) is 48.5 Å². The van der Waals surface area contributed by atoms with Gasteiger partial charge in [0.05, 0.1) is 5.56 Å². The molecule has 1 aromatic rings. The number of nitrogens with one attached hydrogen (secondary N) is 1. The van der Waals surface area contributed by atoms with Crippen LogP contribution in [0.25, 0.3) is 0 Å². The van der Waals surface area contributed by atoms with Crippen molar-refractivity contribution in [1.29, 1.82) is 0 Å². The van der Waals surface area contributed by atoms with Crippen molar-refractivity contribution in [2.75, 3.05) is 45.1 Å². The van der Waals surface area contributed by atoms with Crippen LogP contribution in [0.15, 0.2) is 18.3 Å². The minimum atomic E-state index is 0.0724. The highest BCUT2D eigenvalue weighted by Crippen LogP contribution is 2.15. The summed E-state index contributed by atoms with van der Waals surface area (Å²) in [4.78, 5) is 20.8. The Kier molecular flexibility index (Phi) is 4.15. The van der Waals surface area contributed by atoms with E-state index in [1.165, 1.54) is 0 Å². The monoisotopic (exact) mass is 248 g/mol. The van der Waals surface area contributed by atoms with Gasteiger partial charge in [-0.15, -0.1) is 0 Å². The second kappa shape index (κ2) is 5.82. The molecule has 1 fully saturated rings. The van der Waals surface area contributed by atoms with Crippen molar-refractivity contribution in [1.82, 2.24) is 14.8 Å². The number of hydrogen-bond acceptors (Lipinski definition) is 4. The van der Waals surface area contributed by atoms with Gasteiger partial charge in [-0.2, -0.15) is 0 Å². The molecule has 18 heavy (non-hydrogen) atoms. The summed E-state index contributed by atoms with van der Waals surface area (Å²) in [5.41, 5.74) is 0.657. The third-order valence-electron chi connectivity index (χ3n) is 3.38. The highest BCUT2D eigenvalue weighted by atomic mass is 16.2. The lowest BCUT2D eigenvalue weighted by atomic mass is 10.2. The smallest absolute Gasteiger partial charge is 0.257 e. The van der Waals surface area contributed by atoms with Crippen molar-refractivity contribution in [3.05, 3.63) is 23.9 Å². The van der Waals surface area contributed by atoms with Gasteiger partial charge in [0.2, 0.25) is 0 Å². The van der Waals surface area contributed by atoms with Crippen molar-refractivity contribution in [3.63, 3.8) is 0 Å². The van der Waals surface area contributed by atoms with Gasteiger partial charge in [-0.3, -0.25) is 4.79 Å². The van der Waals surface area contributed by atoms with Crippen molar-refractivity contribution in [3.8, 4) is 0 Å². The summed E-state index contributed by atoms with van der Waals surface area (Å²) in [5, 5.41) is 2.97. The predicted octanol–water partition coefficient (Wildman–Crippen LogP) is 0.901. The minimum absolute atomic E-state index is 0.0724. The number of rotatable bonds is 3. The summed E-state index contributed by atoms with van der Waals surface area (Å²) < 4.78 is 0. The van der Waals surface area contributed by atoms with E-state index in [0.717, 1.165) is 32.7 Å². The molecule has 0 bridgehead atoms. The lowest BCUT2D eigenvalue weighted by Gasteiger charge is -2.34. The average molecular weight is 248 g/mol. The zero-order chi connectivity index (χ0) is 13.0. The molecule has 0 aliphatic carbocycles. The maximum Gasteiger partial charge on any atom is 0.257 e. The number of piperazine rings is 1. The Labute approximate surface area is 108 Å². The Hall–Kier alpha value is -1.62. The van der Waals surface area contributed by atoms with E-state index in [1.54, 1.807) is 19.3 Å². The SMILES string of the molecule is CCN1CCN(C(=O)c2cccnc2NC)CC1. The van der Waals surface area contributed by atoms with Crippen LogP contribution in [0.5, 0.6) is 0 Å². The maximum absolute atomic E-state index is 12.4. The first kappa shape index (κ1) is 12.8. The molecular formula is C13H20N4O. The molecule has 1 amide bonds. The number of carbonyl (C=O) groups is 1. The van der Waals surface area contributed by atoms with Gasteiger partial charge >= 0.3 is 0 Å². The first-order valence-corrected chi connectivity index (χ1v) is 6.40. The molecule has 0 spiro atoms. The fourth-order valence-electron chi connectivity index (χ4n) is 2.21. The van der Waals surface area contributed by atoms with Crippen LogP contribution in [0.1, 0.15) is 17.3 Å². The summed E-state index contributed by atoms with van der Waals surface area (Å²) >= 11 is 0. The molecular weight excluding hydrogens is 228 g/mol. The Bertz CT molecular complexity index is 413. The number of nitrogens with zero attached hydrogens (tertiary/aromatic N) is 3. The van der Waals surface area contributed by atoms with Gasteiger partial charge in [0.25, 0.3) is 5.91 Å². The van der Waals surface area contributed by atoms with Gasteiger partial charge in [0, 0.05) is 39.4 Å². The zero-order valence-electron chi connectivity index (χ0n) is 11.0. The molecule has 1 aliphatic heterocycles. The Morgan fingerprint density at radius 2 is 2.11 bits per heavy atom. The third kappa shape index (κ3) is 2.61. The zero-order valence-corrected chi connectivity index (χ0v) is 11.0. The van der Waals surface area contributed by atoms with E-state index in [1.807, 2.05) is 11.0 Å². The van der Waals surface area contributed by atoms with Gasteiger partial charge in [0.15, 0.2) is 0 Å². The number of hydrogen-bond donors (Lipinski definition) is 1. The quantitative estimate of drug-likeness (QED) is 0.863. The number of pyridine rings is 1. The summed E-state index contributed by atoms with van der Waals surface area (Å²) in [6.45, 7) is 6.71. The molecule has 0 atom stereocenters. The number of amides is 1. The van der Waals surface area contributed by atoms with Gasteiger partial charge < -0.3 is 15.1 Å². The van der Waals surface area contributed by atoms with Gasteiger partial charge in [-0.05, 0) is 18.7 Å². The highest BCUT2D eigenvalue weighted by molar-refractivity contribution is 5.98. The fraction of sp³-hybridized carbons (Fsp3) is 0.538. The molecule has 98 valence electrons. The third-order valence-corrected chi connectivity index (χ3v) is 3.38. The molecule has 0 unspecified atom stereocenters. The van der Waals surface area contributed by atoms with E-state index in [9.17, 15) is 4.79 Å². The summed E-state index contributed by atoms with van der Waals surface area (Å²) in [6, 6.07) is 3.63.